The molecule has 0 radical (unpaired) electrons. The summed E-state index contributed by atoms with van der Waals surface area (Å²) in [4.78, 5) is 21.3. The lowest BCUT2D eigenvalue weighted by Gasteiger charge is -2.06. The third kappa shape index (κ3) is 7.64. The Bertz CT molecular complexity index is 393. The van der Waals surface area contributed by atoms with Gasteiger partial charge < -0.3 is 19.9 Å². The van der Waals surface area contributed by atoms with Gasteiger partial charge in [0.05, 0.1) is 6.61 Å². The minimum atomic E-state index is -1.28. The number of unbranched alkanes of at least 4 members (excludes halogenated alkanes) is 1. The van der Waals surface area contributed by atoms with Crippen LogP contribution in [-0.4, -0.2) is 30.5 Å². The highest BCUT2D eigenvalue weighted by molar-refractivity contribution is 5.67. The van der Waals surface area contributed by atoms with Crippen LogP contribution in [0.25, 0.3) is 0 Å². The minimum absolute atomic E-state index is 0.135. The molecule has 0 unspecified atom stereocenters. The lowest BCUT2D eigenvalue weighted by atomic mass is 10.2. The third-order valence-corrected chi connectivity index (χ3v) is 2.28. The van der Waals surface area contributed by atoms with Crippen molar-refractivity contribution in [2.24, 2.45) is 0 Å². The molecule has 1 aromatic rings. The molecule has 1 rings (SSSR count). The maximum absolute atomic E-state index is 11.3. The summed E-state index contributed by atoms with van der Waals surface area (Å²) < 4.78 is 9.32. The van der Waals surface area contributed by atoms with Crippen molar-refractivity contribution in [3.05, 3.63) is 35.9 Å². The van der Waals surface area contributed by atoms with Crippen LogP contribution in [0.3, 0.4) is 0 Å². The number of ether oxygens (including phenoxy) is 2. The Morgan fingerprint density at radius 3 is 2.53 bits per heavy atom. The highest BCUT2D eigenvalue weighted by atomic mass is 16.7. The van der Waals surface area contributed by atoms with E-state index in [9.17, 15) is 9.59 Å². The van der Waals surface area contributed by atoms with E-state index in [1.54, 1.807) is 0 Å². The molecule has 19 heavy (non-hydrogen) atoms. The number of amides is 1. The highest BCUT2D eigenvalue weighted by Gasteiger charge is 2.02. The summed E-state index contributed by atoms with van der Waals surface area (Å²) in [7, 11) is 0. The average Bonchev–Trinajstić information content (AvgIpc) is 2.41. The molecule has 0 saturated carbocycles. The second kappa shape index (κ2) is 8.79. The summed E-state index contributed by atoms with van der Waals surface area (Å²) in [6.45, 7) is 0.793. The first-order chi connectivity index (χ1) is 9.18. The summed E-state index contributed by atoms with van der Waals surface area (Å²) in [6, 6.07) is 9.38. The Balaban J connectivity index is 2.01. The van der Waals surface area contributed by atoms with Crippen LogP contribution < -0.4 is 5.32 Å². The van der Waals surface area contributed by atoms with E-state index in [-0.39, 0.29) is 13.2 Å². The fourth-order valence-corrected chi connectivity index (χ4v) is 1.35. The van der Waals surface area contributed by atoms with Crippen LogP contribution in [0.2, 0.25) is 0 Å². The molecule has 0 heterocycles. The van der Waals surface area contributed by atoms with Gasteiger partial charge in [-0.25, -0.2) is 9.59 Å². The van der Waals surface area contributed by atoms with E-state index in [1.807, 2.05) is 30.3 Å². The van der Waals surface area contributed by atoms with Crippen molar-refractivity contribution >= 4 is 12.2 Å². The quantitative estimate of drug-likeness (QED) is 0.585. The van der Waals surface area contributed by atoms with Crippen LogP contribution in [0.1, 0.15) is 18.4 Å². The van der Waals surface area contributed by atoms with E-state index in [2.05, 4.69) is 10.1 Å². The highest BCUT2D eigenvalue weighted by Crippen LogP contribution is 2.00. The van der Waals surface area contributed by atoms with Crippen LogP contribution >= 0.6 is 0 Å². The number of carbonyl (C=O) groups is 2. The summed E-state index contributed by atoms with van der Waals surface area (Å²) in [6.07, 6.45) is -0.572. The first kappa shape index (κ1) is 14.8. The van der Waals surface area contributed by atoms with E-state index < -0.39 is 12.2 Å². The van der Waals surface area contributed by atoms with E-state index in [1.165, 1.54) is 0 Å². The number of hydrogen-bond acceptors (Lipinski definition) is 4. The van der Waals surface area contributed by atoms with Gasteiger partial charge in [0.15, 0.2) is 0 Å². The van der Waals surface area contributed by atoms with Crippen molar-refractivity contribution in [1.29, 1.82) is 0 Å². The average molecular weight is 267 g/mol. The number of rotatable bonds is 7. The summed E-state index contributed by atoms with van der Waals surface area (Å²) >= 11 is 0. The zero-order valence-corrected chi connectivity index (χ0v) is 10.5. The number of alkyl carbamates (subject to hydrolysis) is 1. The summed E-state index contributed by atoms with van der Waals surface area (Å²) in [5.74, 6) is 0. The fraction of sp³-hybridized carbons (Fsp3) is 0.385. The molecule has 6 heteroatoms. The van der Waals surface area contributed by atoms with E-state index in [0.29, 0.717) is 19.4 Å². The molecule has 2 N–H and O–H groups in total. The first-order valence-electron chi connectivity index (χ1n) is 5.99. The monoisotopic (exact) mass is 267 g/mol. The lowest BCUT2D eigenvalue weighted by Crippen LogP contribution is -2.25. The van der Waals surface area contributed by atoms with Crippen molar-refractivity contribution < 1.29 is 24.2 Å². The normalized spacial score (nSPS) is 9.68. The molecule has 0 atom stereocenters. The maximum atomic E-state index is 11.3. The molecule has 0 aliphatic rings. The van der Waals surface area contributed by atoms with Crippen molar-refractivity contribution in [3.8, 4) is 0 Å². The third-order valence-electron chi connectivity index (χ3n) is 2.28. The van der Waals surface area contributed by atoms with Crippen molar-refractivity contribution in [2.45, 2.75) is 19.4 Å². The second-order valence-corrected chi connectivity index (χ2v) is 3.81. The van der Waals surface area contributed by atoms with Crippen LogP contribution in [0, 0.1) is 0 Å². The van der Waals surface area contributed by atoms with Gasteiger partial charge in [-0.1, -0.05) is 30.3 Å². The first-order valence-corrected chi connectivity index (χ1v) is 5.99. The number of benzene rings is 1. The Morgan fingerprint density at radius 2 is 1.84 bits per heavy atom. The van der Waals surface area contributed by atoms with Gasteiger partial charge >= 0.3 is 12.2 Å². The molecule has 1 aromatic carbocycles. The van der Waals surface area contributed by atoms with Crippen LogP contribution in [0.15, 0.2) is 30.3 Å². The zero-order valence-electron chi connectivity index (χ0n) is 10.5. The molecule has 0 bridgehead atoms. The molecule has 0 spiro atoms. The van der Waals surface area contributed by atoms with Gasteiger partial charge in [-0.05, 0) is 18.4 Å². The van der Waals surface area contributed by atoms with Gasteiger partial charge in [-0.3, -0.25) is 0 Å². The molecule has 6 nitrogen and oxygen atoms in total. The molecule has 0 aliphatic carbocycles. The SMILES string of the molecule is O=C(O)OCCCCNC(=O)OCc1ccccc1. The molecule has 0 aromatic heterocycles. The Morgan fingerprint density at radius 1 is 1.11 bits per heavy atom. The molecular weight excluding hydrogens is 250 g/mol. The molecule has 1 amide bonds. The largest absolute Gasteiger partial charge is 0.505 e. The number of nitrogens with one attached hydrogen (secondary N) is 1. The number of carbonyl (C=O) groups excluding carboxylic acids is 1. The zero-order chi connectivity index (χ0) is 13.9. The fourth-order valence-electron chi connectivity index (χ4n) is 1.35. The van der Waals surface area contributed by atoms with Crippen molar-refractivity contribution in [1.82, 2.24) is 5.32 Å². The van der Waals surface area contributed by atoms with E-state index >= 15 is 0 Å². The molecule has 0 aliphatic heterocycles. The number of carboxylic acid groups (broad SMARTS) is 1. The van der Waals surface area contributed by atoms with Crippen molar-refractivity contribution in [3.63, 3.8) is 0 Å². The van der Waals surface area contributed by atoms with Gasteiger partial charge in [0.2, 0.25) is 0 Å². The van der Waals surface area contributed by atoms with Crippen molar-refractivity contribution in [2.75, 3.05) is 13.2 Å². The van der Waals surface area contributed by atoms with Crippen LogP contribution in [-0.2, 0) is 16.1 Å². The van der Waals surface area contributed by atoms with E-state index in [0.717, 1.165) is 5.56 Å². The topological polar surface area (TPSA) is 84.9 Å². The van der Waals surface area contributed by atoms with E-state index in [4.69, 9.17) is 9.84 Å². The molecular formula is C13H17NO5. The van der Waals surface area contributed by atoms with Gasteiger partial charge in [-0.15, -0.1) is 0 Å². The van der Waals surface area contributed by atoms with Gasteiger partial charge in [0, 0.05) is 6.54 Å². The van der Waals surface area contributed by atoms with Gasteiger partial charge in [0.25, 0.3) is 0 Å². The van der Waals surface area contributed by atoms with Gasteiger partial charge in [0.1, 0.15) is 6.61 Å². The Kier molecular flexibility index (Phi) is 6.86. The standard InChI is InChI=1S/C13H17NO5/c15-12(14-8-4-5-9-18-13(16)17)19-10-11-6-2-1-3-7-11/h1-3,6-7H,4-5,8-10H2,(H,14,15)(H,16,17). The Labute approximate surface area is 111 Å². The molecule has 0 fully saturated rings. The predicted octanol–water partition coefficient (Wildman–Crippen LogP) is 2.39. The smallest absolute Gasteiger partial charge is 0.450 e. The molecule has 0 saturated heterocycles. The van der Waals surface area contributed by atoms with Crippen LogP contribution in [0.4, 0.5) is 9.59 Å². The number of hydrogen-bond donors (Lipinski definition) is 2. The summed E-state index contributed by atoms with van der Waals surface area (Å²) in [5, 5.41) is 10.8. The van der Waals surface area contributed by atoms with Gasteiger partial charge in [-0.2, -0.15) is 0 Å². The summed E-state index contributed by atoms with van der Waals surface area (Å²) in [5.41, 5.74) is 0.924. The molecule has 104 valence electrons. The second-order valence-electron chi connectivity index (χ2n) is 3.81. The Hall–Kier alpha value is -2.24. The minimum Gasteiger partial charge on any atom is -0.450 e. The van der Waals surface area contributed by atoms with Crippen LogP contribution in [0.5, 0.6) is 0 Å². The maximum Gasteiger partial charge on any atom is 0.505 e. The lowest BCUT2D eigenvalue weighted by molar-refractivity contribution is 0.0898. The predicted molar refractivity (Wildman–Crippen MR) is 67.8 cm³/mol.